The summed E-state index contributed by atoms with van der Waals surface area (Å²) in [6.45, 7) is 0. The SMILES string of the molecule is c1ccc(-c2nc3ccccn3c2-c2cccc(-c3ccc(-n4c5ccccc5c5ccccc54)cc3)c2)cc1. The lowest BCUT2D eigenvalue weighted by atomic mass is 9.99. The molecule has 0 unspecified atom stereocenters. The average molecular weight is 512 g/mol. The van der Waals surface area contributed by atoms with Crippen LogP contribution in [0.15, 0.2) is 152 Å². The van der Waals surface area contributed by atoms with Crippen LogP contribution in [0.5, 0.6) is 0 Å². The van der Waals surface area contributed by atoms with Gasteiger partial charge in [0.1, 0.15) is 5.65 Å². The normalized spacial score (nSPS) is 11.5. The maximum Gasteiger partial charge on any atom is 0.137 e. The molecule has 3 heterocycles. The lowest BCUT2D eigenvalue weighted by Gasteiger charge is -2.11. The zero-order chi connectivity index (χ0) is 26.5. The van der Waals surface area contributed by atoms with Crippen LogP contribution < -0.4 is 0 Å². The Bertz CT molecular complexity index is 2100. The second-order valence-electron chi connectivity index (χ2n) is 10.1. The highest BCUT2D eigenvalue weighted by Gasteiger charge is 2.16. The van der Waals surface area contributed by atoms with Crippen LogP contribution in [0.2, 0.25) is 0 Å². The predicted octanol–water partition coefficient (Wildman–Crippen LogP) is 9.43. The molecule has 5 aromatic carbocycles. The Balaban J connectivity index is 1.24. The van der Waals surface area contributed by atoms with Gasteiger partial charge < -0.3 is 4.57 Å². The monoisotopic (exact) mass is 511 g/mol. The van der Waals surface area contributed by atoms with E-state index < -0.39 is 0 Å². The van der Waals surface area contributed by atoms with Crippen molar-refractivity contribution in [1.29, 1.82) is 0 Å². The van der Waals surface area contributed by atoms with E-state index in [1.165, 1.54) is 32.9 Å². The van der Waals surface area contributed by atoms with Gasteiger partial charge in [-0.2, -0.15) is 0 Å². The van der Waals surface area contributed by atoms with Crippen LogP contribution in [0.3, 0.4) is 0 Å². The molecular weight excluding hydrogens is 486 g/mol. The zero-order valence-electron chi connectivity index (χ0n) is 21.8. The molecule has 0 fully saturated rings. The van der Waals surface area contributed by atoms with Gasteiger partial charge in [0.15, 0.2) is 0 Å². The lowest BCUT2D eigenvalue weighted by molar-refractivity contribution is 1.18. The number of hydrogen-bond acceptors (Lipinski definition) is 1. The Morgan fingerprint density at radius 3 is 1.82 bits per heavy atom. The first kappa shape index (κ1) is 22.6. The molecule has 0 spiro atoms. The first-order chi connectivity index (χ1) is 19.8. The van der Waals surface area contributed by atoms with Crippen LogP contribution in [0.1, 0.15) is 0 Å². The van der Waals surface area contributed by atoms with Gasteiger partial charge in [0.05, 0.1) is 22.4 Å². The van der Waals surface area contributed by atoms with Crippen molar-refractivity contribution in [3.8, 4) is 39.3 Å². The number of aromatic nitrogens is 3. The second kappa shape index (κ2) is 9.11. The van der Waals surface area contributed by atoms with Crippen molar-refractivity contribution in [3.05, 3.63) is 152 Å². The molecular formula is C37H25N3. The predicted molar refractivity (Wildman–Crippen MR) is 166 cm³/mol. The van der Waals surface area contributed by atoms with E-state index in [1.54, 1.807) is 0 Å². The van der Waals surface area contributed by atoms with Crippen LogP contribution in [0.25, 0.3) is 66.8 Å². The summed E-state index contributed by atoms with van der Waals surface area (Å²) >= 11 is 0. The molecule has 8 aromatic rings. The summed E-state index contributed by atoms with van der Waals surface area (Å²) in [5, 5.41) is 2.55. The van der Waals surface area contributed by atoms with E-state index in [-0.39, 0.29) is 0 Å². The van der Waals surface area contributed by atoms with Gasteiger partial charge in [0, 0.05) is 33.8 Å². The fourth-order valence-electron chi connectivity index (χ4n) is 5.92. The van der Waals surface area contributed by atoms with Crippen molar-refractivity contribution >= 4 is 27.5 Å². The van der Waals surface area contributed by atoms with Crippen molar-refractivity contribution in [1.82, 2.24) is 14.0 Å². The molecule has 0 amide bonds. The highest BCUT2D eigenvalue weighted by Crippen LogP contribution is 2.36. The summed E-state index contributed by atoms with van der Waals surface area (Å²) in [4.78, 5) is 5.01. The number of rotatable bonds is 4. The van der Waals surface area contributed by atoms with Crippen LogP contribution in [0, 0.1) is 0 Å². The van der Waals surface area contributed by atoms with Crippen LogP contribution in [-0.4, -0.2) is 14.0 Å². The van der Waals surface area contributed by atoms with E-state index >= 15 is 0 Å². The molecule has 3 aromatic heterocycles. The van der Waals surface area contributed by atoms with Gasteiger partial charge in [0.2, 0.25) is 0 Å². The van der Waals surface area contributed by atoms with Gasteiger partial charge >= 0.3 is 0 Å². The fourth-order valence-corrected chi connectivity index (χ4v) is 5.92. The Hall–Kier alpha value is -5.41. The number of benzene rings is 5. The summed E-state index contributed by atoms with van der Waals surface area (Å²) in [6.07, 6.45) is 2.09. The molecule has 0 bridgehead atoms. The quantitative estimate of drug-likeness (QED) is 0.231. The molecule has 0 aliphatic rings. The topological polar surface area (TPSA) is 22.2 Å². The highest BCUT2D eigenvalue weighted by molar-refractivity contribution is 6.09. The summed E-state index contributed by atoms with van der Waals surface area (Å²) < 4.78 is 4.54. The third-order valence-electron chi connectivity index (χ3n) is 7.75. The summed E-state index contributed by atoms with van der Waals surface area (Å²) in [7, 11) is 0. The van der Waals surface area contributed by atoms with Gasteiger partial charge in [-0.15, -0.1) is 0 Å². The Kier molecular flexibility index (Phi) is 5.14. The Labute approximate surface area is 232 Å². The number of nitrogens with zero attached hydrogens (tertiary/aromatic N) is 3. The van der Waals surface area contributed by atoms with Crippen LogP contribution >= 0.6 is 0 Å². The maximum atomic E-state index is 5.01. The van der Waals surface area contributed by atoms with E-state index in [0.29, 0.717) is 0 Å². The highest BCUT2D eigenvalue weighted by atomic mass is 15.0. The minimum absolute atomic E-state index is 0.942. The van der Waals surface area contributed by atoms with E-state index in [0.717, 1.165) is 33.8 Å². The molecule has 0 aliphatic heterocycles. The Morgan fingerprint density at radius 2 is 1.07 bits per heavy atom. The van der Waals surface area contributed by atoms with Crippen molar-refractivity contribution < 1.29 is 0 Å². The molecule has 0 N–H and O–H groups in total. The van der Waals surface area contributed by atoms with Gasteiger partial charge in [-0.1, -0.05) is 103 Å². The van der Waals surface area contributed by atoms with E-state index in [2.05, 4.69) is 149 Å². The number of pyridine rings is 1. The summed E-state index contributed by atoms with van der Waals surface area (Å²) in [6, 6.07) is 51.6. The number of hydrogen-bond donors (Lipinski definition) is 0. The molecule has 3 nitrogen and oxygen atoms in total. The minimum atomic E-state index is 0.942. The molecule has 0 atom stereocenters. The molecule has 0 aliphatic carbocycles. The van der Waals surface area contributed by atoms with Crippen molar-refractivity contribution in [2.75, 3.05) is 0 Å². The molecule has 0 radical (unpaired) electrons. The second-order valence-corrected chi connectivity index (χ2v) is 10.1. The fraction of sp³-hybridized carbons (Fsp3) is 0. The molecule has 188 valence electrons. The Morgan fingerprint density at radius 1 is 0.450 bits per heavy atom. The van der Waals surface area contributed by atoms with Crippen LogP contribution in [0.4, 0.5) is 0 Å². The molecule has 0 saturated heterocycles. The number of imidazole rings is 1. The van der Waals surface area contributed by atoms with Crippen LogP contribution in [-0.2, 0) is 0 Å². The van der Waals surface area contributed by atoms with Gasteiger partial charge in [-0.25, -0.2) is 4.98 Å². The lowest BCUT2D eigenvalue weighted by Crippen LogP contribution is -1.93. The number of para-hydroxylation sites is 2. The third-order valence-corrected chi connectivity index (χ3v) is 7.75. The first-order valence-electron chi connectivity index (χ1n) is 13.6. The first-order valence-corrected chi connectivity index (χ1v) is 13.6. The summed E-state index contributed by atoms with van der Waals surface area (Å²) in [5.41, 5.74) is 11.2. The third kappa shape index (κ3) is 3.56. The molecule has 8 rings (SSSR count). The van der Waals surface area contributed by atoms with Gasteiger partial charge in [-0.05, 0) is 53.6 Å². The maximum absolute atomic E-state index is 5.01. The molecule has 0 saturated carbocycles. The average Bonchev–Trinajstić information content (AvgIpc) is 3.58. The summed E-state index contributed by atoms with van der Waals surface area (Å²) in [5.74, 6) is 0. The van der Waals surface area contributed by atoms with E-state index in [1.807, 2.05) is 12.1 Å². The smallest absolute Gasteiger partial charge is 0.137 e. The van der Waals surface area contributed by atoms with E-state index in [4.69, 9.17) is 4.98 Å². The van der Waals surface area contributed by atoms with E-state index in [9.17, 15) is 0 Å². The van der Waals surface area contributed by atoms with Crippen molar-refractivity contribution in [2.45, 2.75) is 0 Å². The zero-order valence-corrected chi connectivity index (χ0v) is 21.8. The van der Waals surface area contributed by atoms with Crippen molar-refractivity contribution in [3.63, 3.8) is 0 Å². The minimum Gasteiger partial charge on any atom is -0.309 e. The largest absolute Gasteiger partial charge is 0.309 e. The number of fused-ring (bicyclic) bond motifs is 4. The standard InChI is InChI=1S/C37H25N3/c1-2-11-27(12-3-1)36-37(39-24-9-8-19-35(39)38-36)29-14-10-13-28(25-29)26-20-22-30(23-21-26)40-33-17-6-4-15-31(33)32-16-5-7-18-34(32)40/h1-25H. The molecule has 3 heteroatoms. The van der Waals surface area contributed by atoms with Gasteiger partial charge in [0.25, 0.3) is 0 Å². The van der Waals surface area contributed by atoms with Crippen molar-refractivity contribution in [2.24, 2.45) is 0 Å². The van der Waals surface area contributed by atoms with Gasteiger partial charge in [-0.3, -0.25) is 4.40 Å². The molecule has 40 heavy (non-hydrogen) atoms.